The van der Waals surface area contributed by atoms with Crippen LogP contribution >= 0.6 is 0 Å². The van der Waals surface area contributed by atoms with E-state index in [1.165, 1.54) is 25.3 Å². The summed E-state index contributed by atoms with van der Waals surface area (Å²) >= 11 is 0. The lowest BCUT2D eigenvalue weighted by Crippen LogP contribution is -2.52. The number of aliphatic hydroxyl groups is 1. The van der Waals surface area contributed by atoms with Crippen molar-refractivity contribution < 1.29 is 17.9 Å². The van der Waals surface area contributed by atoms with E-state index in [0.29, 0.717) is 18.2 Å². The Morgan fingerprint density at radius 2 is 2.05 bits per heavy atom. The molecule has 0 spiro atoms. The molecule has 1 aliphatic carbocycles. The third-order valence-electron chi connectivity index (χ3n) is 4.42. The van der Waals surface area contributed by atoms with E-state index in [9.17, 15) is 13.5 Å². The van der Waals surface area contributed by atoms with Crippen molar-refractivity contribution in [3.8, 4) is 0 Å². The van der Waals surface area contributed by atoms with Crippen molar-refractivity contribution in [2.24, 2.45) is 11.1 Å². The van der Waals surface area contributed by atoms with Crippen molar-refractivity contribution >= 4 is 10.0 Å². The summed E-state index contributed by atoms with van der Waals surface area (Å²) in [5.74, 6) is 0.915. The van der Waals surface area contributed by atoms with Crippen molar-refractivity contribution in [2.45, 2.75) is 56.2 Å². The van der Waals surface area contributed by atoms with Gasteiger partial charge in [-0.25, -0.2) is 13.6 Å². The number of nitrogens with two attached hydrogens (primary N) is 1. The minimum atomic E-state index is -3.81. The number of rotatable bonds is 6. The van der Waals surface area contributed by atoms with Gasteiger partial charge in [-0.2, -0.15) is 0 Å². The Bertz CT molecular complexity index is 563. The summed E-state index contributed by atoms with van der Waals surface area (Å²) in [4.78, 5) is 0. The zero-order valence-electron chi connectivity index (χ0n) is 12.3. The Morgan fingerprint density at radius 1 is 1.38 bits per heavy atom. The minimum absolute atomic E-state index is 0.0421. The first kappa shape index (κ1) is 16.5. The Balaban J connectivity index is 2.00. The minimum Gasteiger partial charge on any atom is -0.447 e. The van der Waals surface area contributed by atoms with Crippen LogP contribution in [0.3, 0.4) is 0 Å². The Kier molecular flexibility index (Phi) is 5.08. The van der Waals surface area contributed by atoms with Gasteiger partial charge < -0.3 is 14.8 Å². The molecule has 2 rings (SSSR count). The van der Waals surface area contributed by atoms with E-state index in [1.54, 1.807) is 6.07 Å². The van der Waals surface area contributed by atoms with Gasteiger partial charge in [0.2, 0.25) is 5.09 Å². The molecule has 120 valence electrons. The normalized spacial score (nSPS) is 20.3. The zero-order valence-corrected chi connectivity index (χ0v) is 13.2. The van der Waals surface area contributed by atoms with E-state index in [2.05, 4.69) is 5.32 Å². The zero-order chi connectivity index (χ0) is 15.5. The molecule has 0 radical (unpaired) electrons. The summed E-state index contributed by atoms with van der Waals surface area (Å²) in [6.45, 7) is 2.41. The molecule has 7 heteroatoms. The topological polar surface area (TPSA) is 106 Å². The quantitative estimate of drug-likeness (QED) is 0.734. The van der Waals surface area contributed by atoms with E-state index in [4.69, 9.17) is 9.56 Å². The largest absolute Gasteiger partial charge is 0.447 e. The number of hydrogen-bond acceptors (Lipinski definition) is 5. The van der Waals surface area contributed by atoms with Gasteiger partial charge in [0.25, 0.3) is 10.0 Å². The summed E-state index contributed by atoms with van der Waals surface area (Å²) in [5, 5.41) is 17.8. The molecule has 1 fully saturated rings. The van der Waals surface area contributed by atoms with Crippen LogP contribution in [0.1, 0.15) is 44.8 Å². The highest BCUT2D eigenvalue weighted by Gasteiger charge is 2.34. The number of hydrogen-bond donors (Lipinski definition) is 3. The van der Waals surface area contributed by atoms with Crippen molar-refractivity contribution in [1.29, 1.82) is 0 Å². The third-order valence-corrected chi connectivity index (χ3v) is 5.20. The van der Waals surface area contributed by atoms with Gasteiger partial charge in [0.05, 0.1) is 13.2 Å². The van der Waals surface area contributed by atoms with E-state index in [0.717, 1.165) is 12.8 Å². The Hall–Kier alpha value is -0.890. The number of primary sulfonamides is 1. The molecule has 0 saturated heterocycles. The SMILES string of the molecule is CC(CO)(NCc1ccc(S(N)(=O)=O)o1)C1CCCCC1. The summed E-state index contributed by atoms with van der Waals surface area (Å²) in [6.07, 6.45) is 5.85. The molecular formula is C14H24N2O4S. The van der Waals surface area contributed by atoms with Gasteiger partial charge in [-0.15, -0.1) is 0 Å². The van der Waals surface area contributed by atoms with Crippen LogP contribution in [0.2, 0.25) is 0 Å². The number of sulfonamides is 1. The monoisotopic (exact) mass is 316 g/mol. The molecule has 0 aliphatic heterocycles. The fourth-order valence-corrected chi connectivity index (χ4v) is 3.45. The maximum Gasteiger partial charge on any atom is 0.271 e. The molecule has 1 aromatic rings. The predicted molar refractivity (Wildman–Crippen MR) is 79.0 cm³/mol. The second kappa shape index (κ2) is 6.48. The molecular weight excluding hydrogens is 292 g/mol. The first-order valence-electron chi connectivity index (χ1n) is 7.32. The van der Waals surface area contributed by atoms with Gasteiger partial charge in [0.15, 0.2) is 0 Å². The van der Waals surface area contributed by atoms with Crippen LogP contribution in [0.4, 0.5) is 0 Å². The van der Waals surface area contributed by atoms with Gasteiger partial charge in [0.1, 0.15) is 5.76 Å². The first-order valence-corrected chi connectivity index (χ1v) is 8.87. The molecule has 6 nitrogen and oxygen atoms in total. The summed E-state index contributed by atoms with van der Waals surface area (Å²) in [6, 6.07) is 2.94. The van der Waals surface area contributed by atoms with Gasteiger partial charge in [0, 0.05) is 5.54 Å². The highest BCUT2D eigenvalue weighted by molar-refractivity contribution is 7.89. The molecule has 0 aromatic carbocycles. The van der Waals surface area contributed by atoms with Gasteiger partial charge in [-0.05, 0) is 37.8 Å². The highest BCUT2D eigenvalue weighted by Crippen LogP contribution is 2.32. The summed E-state index contributed by atoms with van der Waals surface area (Å²) < 4.78 is 27.6. The van der Waals surface area contributed by atoms with Crippen LogP contribution in [0, 0.1) is 5.92 Å². The summed E-state index contributed by atoms with van der Waals surface area (Å²) in [7, 11) is -3.81. The second-order valence-electron chi connectivity index (χ2n) is 6.03. The smallest absolute Gasteiger partial charge is 0.271 e. The van der Waals surface area contributed by atoms with Crippen molar-refractivity contribution in [3.05, 3.63) is 17.9 Å². The fourth-order valence-electron chi connectivity index (χ4n) is 2.96. The number of furan rings is 1. The summed E-state index contributed by atoms with van der Waals surface area (Å²) in [5.41, 5.74) is -0.380. The molecule has 1 atom stereocenters. The Labute approximate surface area is 125 Å². The maximum absolute atomic E-state index is 11.2. The lowest BCUT2D eigenvalue weighted by molar-refractivity contribution is 0.0915. The fraction of sp³-hybridized carbons (Fsp3) is 0.714. The van der Waals surface area contributed by atoms with E-state index in [1.807, 2.05) is 6.92 Å². The average molecular weight is 316 g/mol. The van der Waals surface area contributed by atoms with Crippen molar-refractivity contribution in [1.82, 2.24) is 5.32 Å². The maximum atomic E-state index is 11.2. The number of nitrogens with one attached hydrogen (secondary N) is 1. The first-order chi connectivity index (χ1) is 9.85. The van der Waals surface area contributed by atoms with Crippen LogP contribution < -0.4 is 10.5 Å². The highest BCUT2D eigenvalue weighted by atomic mass is 32.2. The Morgan fingerprint density at radius 3 is 2.57 bits per heavy atom. The second-order valence-corrected chi connectivity index (χ2v) is 7.52. The number of aliphatic hydroxyl groups excluding tert-OH is 1. The third kappa shape index (κ3) is 4.06. The standard InChI is InChI=1S/C14H24N2O4S/c1-14(10-17,11-5-3-2-4-6-11)16-9-12-7-8-13(20-12)21(15,18)19/h7-8,11,16-17H,2-6,9-10H2,1H3,(H2,15,18,19). The molecule has 1 heterocycles. The van der Waals surface area contributed by atoms with E-state index < -0.39 is 10.0 Å². The van der Waals surface area contributed by atoms with Crippen LogP contribution in [0.15, 0.2) is 21.6 Å². The molecule has 1 saturated carbocycles. The molecule has 1 aromatic heterocycles. The lowest BCUT2D eigenvalue weighted by atomic mass is 9.76. The van der Waals surface area contributed by atoms with Crippen LogP contribution in [-0.4, -0.2) is 25.7 Å². The molecule has 4 N–H and O–H groups in total. The van der Waals surface area contributed by atoms with Gasteiger partial charge >= 0.3 is 0 Å². The lowest BCUT2D eigenvalue weighted by Gasteiger charge is -2.39. The van der Waals surface area contributed by atoms with Crippen LogP contribution in [0.25, 0.3) is 0 Å². The molecule has 0 amide bonds. The van der Waals surface area contributed by atoms with Gasteiger partial charge in [-0.3, -0.25) is 0 Å². The molecule has 21 heavy (non-hydrogen) atoms. The molecule has 0 bridgehead atoms. The van der Waals surface area contributed by atoms with Crippen LogP contribution in [0.5, 0.6) is 0 Å². The molecule has 1 aliphatic rings. The van der Waals surface area contributed by atoms with Crippen molar-refractivity contribution in [2.75, 3.05) is 6.61 Å². The average Bonchev–Trinajstić information content (AvgIpc) is 2.95. The van der Waals surface area contributed by atoms with Crippen LogP contribution in [-0.2, 0) is 16.6 Å². The molecule has 1 unspecified atom stereocenters. The van der Waals surface area contributed by atoms with Crippen molar-refractivity contribution in [3.63, 3.8) is 0 Å². The predicted octanol–water partition coefficient (Wildman–Crippen LogP) is 1.35. The van der Waals surface area contributed by atoms with E-state index in [-0.39, 0.29) is 17.2 Å². The van der Waals surface area contributed by atoms with Gasteiger partial charge in [-0.1, -0.05) is 19.3 Å². The van der Waals surface area contributed by atoms with E-state index >= 15 is 0 Å².